The molecule has 0 saturated heterocycles. The van der Waals surface area contributed by atoms with E-state index in [-0.39, 0.29) is 16.3 Å². The molecule has 3 N–H and O–H groups in total. The fourth-order valence-electron chi connectivity index (χ4n) is 2.00. The van der Waals surface area contributed by atoms with Crippen molar-refractivity contribution in [3.8, 4) is 5.75 Å². The minimum absolute atomic E-state index is 0.0420. The molecule has 5 nitrogen and oxygen atoms in total. The van der Waals surface area contributed by atoms with Crippen molar-refractivity contribution in [2.45, 2.75) is 6.18 Å². The molecule has 0 atom stereocenters. The highest BCUT2D eigenvalue weighted by Crippen LogP contribution is 2.38. The molecule has 25 heavy (non-hydrogen) atoms. The van der Waals surface area contributed by atoms with Crippen LogP contribution in [0.15, 0.2) is 42.5 Å². The first-order chi connectivity index (χ1) is 11.7. The molecular formula is C16H12ClF3N2O3. The van der Waals surface area contributed by atoms with Gasteiger partial charge >= 0.3 is 6.18 Å². The topological polar surface area (TPSA) is 81.4 Å². The lowest BCUT2D eigenvalue weighted by molar-refractivity contribution is -0.137. The number of ether oxygens (including phenoxy) is 1. The number of rotatable bonds is 5. The monoisotopic (exact) mass is 372 g/mol. The van der Waals surface area contributed by atoms with Gasteiger partial charge in [-0.05, 0) is 24.3 Å². The molecule has 2 amide bonds. The van der Waals surface area contributed by atoms with E-state index in [1.54, 1.807) is 12.1 Å². The van der Waals surface area contributed by atoms with Gasteiger partial charge in [-0.3, -0.25) is 9.59 Å². The van der Waals surface area contributed by atoms with Crippen LogP contribution in [0.4, 0.5) is 18.9 Å². The fourth-order valence-corrected chi connectivity index (χ4v) is 2.22. The molecule has 0 saturated carbocycles. The Kier molecular flexibility index (Phi) is 5.53. The van der Waals surface area contributed by atoms with Crippen molar-refractivity contribution in [3.63, 3.8) is 0 Å². The van der Waals surface area contributed by atoms with Gasteiger partial charge < -0.3 is 15.8 Å². The van der Waals surface area contributed by atoms with E-state index >= 15 is 0 Å². The second-order valence-electron chi connectivity index (χ2n) is 4.86. The highest BCUT2D eigenvalue weighted by Gasteiger charge is 2.34. The summed E-state index contributed by atoms with van der Waals surface area (Å²) in [7, 11) is 0. The smallest absolute Gasteiger partial charge is 0.418 e. The van der Waals surface area contributed by atoms with Crippen molar-refractivity contribution in [2.75, 3.05) is 11.9 Å². The number of carbonyl (C=O) groups is 2. The number of alkyl halides is 3. The van der Waals surface area contributed by atoms with E-state index in [4.69, 9.17) is 22.1 Å². The van der Waals surface area contributed by atoms with Crippen LogP contribution in [0.1, 0.15) is 15.9 Å². The summed E-state index contributed by atoms with van der Waals surface area (Å²) < 4.78 is 44.1. The highest BCUT2D eigenvalue weighted by molar-refractivity contribution is 6.34. The number of carbonyl (C=O) groups excluding carboxylic acids is 2. The molecule has 0 fully saturated rings. The van der Waals surface area contributed by atoms with Gasteiger partial charge in [0.1, 0.15) is 5.75 Å². The van der Waals surface area contributed by atoms with Crippen molar-refractivity contribution < 1.29 is 27.5 Å². The van der Waals surface area contributed by atoms with Crippen molar-refractivity contribution >= 4 is 29.1 Å². The summed E-state index contributed by atoms with van der Waals surface area (Å²) in [5, 5.41) is 1.81. The Morgan fingerprint density at radius 1 is 1.12 bits per heavy atom. The minimum atomic E-state index is -4.69. The van der Waals surface area contributed by atoms with Gasteiger partial charge in [-0.2, -0.15) is 13.2 Å². The van der Waals surface area contributed by atoms with Crippen LogP contribution in [0, 0.1) is 0 Å². The zero-order valence-corrected chi connectivity index (χ0v) is 13.3. The van der Waals surface area contributed by atoms with E-state index in [1.165, 1.54) is 18.2 Å². The summed E-state index contributed by atoms with van der Waals surface area (Å²) in [5.74, 6) is -1.60. The average Bonchev–Trinajstić information content (AvgIpc) is 2.54. The number of anilines is 1. The maximum atomic E-state index is 13.0. The molecule has 0 unspecified atom stereocenters. The van der Waals surface area contributed by atoms with Gasteiger partial charge in [0.25, 0.3) is 11.8 Å². The van der Waals surface area contributed by atoms with E-state index in [2.05, 4.69) is 5.32 Å². The molecule has 0 aromatic heterocycles. The van der Waals surface area contributed by atoms with E-state index in [0.29, 0.717) is 0 Å². The Bertz CT molecular complexity index is 809. The molecular weight excluding hydrogens is 361 g/mol. The molecule has 0 radical (unpaired) electrons. The van der Waals surface area contributed by atoms with E-state index in [0.717, 1.165) is 12.1 Å². The lowest BCUT2D eigenvalue weighted by Gasteiger charge is -2.15. The number of nitrogens with one attached hydrogen (secondary N) is 1. The van der Waals surface area contributed by atoms with Gasteiger partial charge in [0.15, 0.2) is 6.61 Å². The SMILES string of the molecule is NC(=O)c1ccccc1OCC(=O)Nc1c(Cl)cccc1C(F)(F)F. The van der Waals surface area contributed by atoms with Crippen molar-refractivity contribution in [3.05, 3.63) is 58.6 Å². The number of primary amides is 1. The number of benzene rings is 2. The Morgan fingerprint density at radius 3 is 2.44 bits per heavy atom. The van der Waals surface area contributed by atoms with Crippen molar-refractivity contribution in [1.82, 2.24) is 0 Å². The maximum absolute atomic E-state index is 13.0. The number of hydrogen-bond donors (Lipinski definition) is 2. The normalized spacial score (nSPS) is 11.0. The summed E-state index contributed by atoms with van der Waals surface area (Å²) in [5.41, 5.74) is 3.58. The first-order valence-electron chi connectivity index (χ1n) is 6.87. The van der Waals surface area contributed by atoms with Crippen LogP contribution in [-0.4, -0.2) is 18.4 Å². The van der Waals surface area contributed by atoms with Crippen LogP contribution >= 0.6 is 11.6 Å². The molecule has 2 rings (SSSR count). The average molecular weight is 373 g/mol. The number of nitrogens with two attached hydrogens (primary N) is 1. The third-order valence-corrected chi connectivity index (χ3v) is 3.41. The first kappa shape index (κ1) is 18.6. The largest absolute Gasteiger partial charge is 0.483 e. The van der Waals surface area contributed by atoms with Gasteiger partial charge in [0.2, 0.25) is 0 Å². The molecule has 0 aliphatic rings. The molecule has 0 aliphatic carbocycles. The molecule has 0 bridgehead atoms. The highest BCUT2D eigenvalue weighted by atomic mass is 35.5. The van der Waals surface area contributed by atoms with Crippen molar-refractivity contribution in [2.24, 2.45) is 5.73 Å². The number of halogens is 4. The van der Waals surface area contributed by atoms with Gasteiger partial charge in [-0.15, -0.1) is 0 Å². The Balaban J connectivity index is 2.14. The van der Waals surface area contributed by atoms with E-state index in [9.17, 15) is 22.8 Å². The number of amides is 2. The van der Waals surface area contributed by atoms with Crippen LogP contribution in [0.3, 0.4) is 0 Å². The van der Waals surface area contributed by atoms with Crippen LogP contribution < -0.4 is 15.8 Å². The molecule has 2 aromatic carbocycles. The predicted molar refractivity (Wildman–Crippen MR) is 85.5 cm³/mol. The van der Waals surface area contributed by atoms with Gasteiger partial charge in [-0.1, -0.05) is 29.8 Å². The van der Waals surface area contributed by atoms with Gasteiger partial charge in [0, 0.05) is 0 Å². The quantitative estimate of drug-likeness (QED) is 0.843. The number of hydrogen-bond acceptors (Lipinski definition) is 3. The lowest BCUT2D eigenvalue weighted by atomic mass is 10.1. The molecule has 0 spiro atoms. The van der Waals surface area contributed by atoms with E-state index < -0.39 is 35.8 Å². The molecule has 9 heteroatoms. The Morgan fingerprint density at radius 2 is 1.80 bits per heavy atom. The Hall–Kier alpha value is -2.74. The van der Waals surface area contributed by atoms with Crippen LogP contribution in [0.25, 0.3) is 0 Å². The third-order valence-electron chi connectivity index (χ3n) is 3.09. The minimum Gasteiger partial charge on any atom is -0.483 e. The predicted octanol–water partition coefficient (Wildman–Crippen LogP) is 3.48. The summed E-state index contributed by atoms with van der Waals surface area (Å²) in [6, 6.07) is 9.04. The standard InChI is InChI=1S/C16H12ClF3N2O3/c17-11-6-3-5-10(16(18,19)20)14(11)22-13(23)8-25-12-7-2-1-4-9(12)15(21)24/h1-7H,8H2,(H2,21,24)(H,22,23). The second kappa shape index (κ2) is 7.43. The van der Waals surface area contributed by atoms with Gasteiger partial charge in [0.05, 0.1) is 21.8 Å². The van der Waals surface area contributed by atoms with Crippen molar-refractivity contribution in [1.29, 1.82) is 0 Å². The number of para-hydroxylation sites is 2. The fraction of sp³-hybridized carbons (Fsp3) is 0.125. The van der Waals surface area contributed by atoms with Crippen LogP contribution in [-0.2, 0) is 11.0 Å². The molecule has 2 aromatic rings. The summed E-state index contributed by atoms with van der Waals surface area (Å²) in [4.78, 5) is 23.2. The first-order valence-corrected chi connectivity index (χ1v) is 7.25. The zero-order chi connectivity index (χ0) is 18.6. The van der Waals surface area contributed by atoms with Crippen LogP contribution in [0.5, 0.6) is 5.75 Å². The Labute approximate surface area is 145 Å². The summed E-state index contributed by atoms with van der Waals surface area (Å²) in [6.07, 6.45) is -4.69. The van der Waals surface area contributed by atoms with Gasteiger partial charge in [-0.25, -0.2) is 0 Å². The second-order valence-corrected chi connectivity index (χ2v) is 5.26. The summed E-state index contributed by atoms with van der Waals surface area (Å²) in [6.45, 7) is -0.632. The maximum Gasteiger partial charge on any atom is 0.418 e. The summed E-state index contributed by atoms with van der Waals surface area (Å²) >= 11 is 5.75. The van der Waals surface area contributed by atoms with Crippen LogP contribution in [0.2, 0.25) is 5.02 Å². The molecule has 132 valence electrons. The van der Waals surface area contributed by atoms with E-state index in [1.807, 2.05) is 0 Å². The lowest BCUT2D eigenvalue weighted by Crippen LogP contribution is -2.23. The molecule has 0 heterocycles. The molecule has 0 aliphatic heterocycles. The zero-order valence-electron chi connectivity index (χ0n) is 12.6. The third kappa shape index (κ3) is 4.63.